The Kier molecular flexibility index (Phi) is 3.72. The van der Waals surface area contributed by atoms with Gasteiger partial charge in [0.15, 0.2) is 0 Å². The summed E-state index contributed by atoms with van der Waals surface area (Å²) in [4.78, 5) is 14.5. The smallest absolute Gasteiger partial charge is 0.228 e. The summed E-state index contributed by atoms with van der Waals surface area (Å²) in [6.07, 6.45) is 0.257. The molecule has 0 bridgehead atoms. The van der Waals surface area contributed by atoms with E-state index in [-0.39, 0.29) is 17.7 Å². The van der Waals surface area contributed by atoms with Crippen LogP contribution in [0.2, 0.25) is 0 Å². The first-order chi connectivity index (χ1) is 10.5. The second kappa shape index (κ2) is 5.55. The number of aromatic nitrogens is 2. The zero-order valence-electron chi connectivity index (χ0n) is 13.2. The minimum atomic E-state index is 0.0636. The molecule has 1 fully saturated rings. The Labute approximate surface area is 130 Å². The zero-order chi connectivity index (χ0) is 15.7. The Morgan fingerprint density at radius 3 is 2.68 bits per heavy atom. The third-order valence-corrected chi connectivity index (χ3v) is 4.56. The predicted molar refractivity (Wildman–Crippen MR) is 82.3 cm³/mol. The third kappa shape index (κ3) is 2.75. The topological polar surface area (TPSA) is 59.2 Å². The van der Waals surface area contributed by atoms with Crippen LogP contribution in [-0.4, -0.2) is 34.2 Å². The molecule has 1 aromatic carbocycles. The molecule has 5 nitrogen and oxygen atoms in total. The van der Waals surface area contributed by atoms with Crippen molar-refractivity contribution in [3.8, 4) is 0 Å². The van der Waals surface area contributed by atoms with E-state index >= 15 is 0 Å². The van der Waals surface area contributed by atoms with Gasteiger partial charge in [-0.05, 0) is 17.9 Å². The number of carbonyl (C=O) groups excluding carboxylic acids is 1. The number of rotatable bonds is 3. The molecule has 2 aromatic rings. The van der Waals surface area contributed by atoms with Crippen molar-refractivity contribution in [2.24, 2.45) is 5.41 Å². The molecule has 0 saturated carbocycles. The molecule has 5 heteroatoms. The molecule has 1 aliphatic heterocycles. The van der Waals surface area contributed by atoms with Crippen LogP contribution in [0.4, 0.5) is 0 Å². The highest BCUT2D eigenvalue weighted by Gasteiger charge is 2.41. The fraction of sp³-hybridized carbons (Fsp3) is 0.471. The van der Waals surface area contributed by atoms with Gasteiger partial charge in [0.2, 0.25) is 5.91 Å². The number of carbonyl (C=O) groups is 1. The van der Waals surface area contributed by atoms with Crippen LogP contribution < -0.4 is 0 Å². The third-order valence-electron chi connectivity index (χ3n) is 4.56. The van der Waals surface area contributed by atoms with Gasteiger partial charge in [0.1, 0.15) is 11.4 Å². The SMILES string of the molecule is Cc1nonc1CC(=O)N1C[C@H](c2ccccc2)C(C)(C)C1. The average Bonchev–Trinajstić information content (AvgIpc) is 3.03. The summed E-state index contributed by atoms with van der Waals surface area (Å²) in [7, 11) is 0. The van der Waals surface area contributed by atoms with Crippen molar-refractivity contribution in [2.45, 2.75) is 33.1 Å². The molecule has 1 saturated heterocycles. The molecular weight excluding hydrogens is 278 g/mol. The van der Waals surface area contributed by atoms with E-state index in [0.29, 0.717) is 17.3 Å². The van der Waals surface area contributed by atoms with Crippen LogP contribution in [0.5, 0.6) is 0 Å². The minimum absolute atomic E-state index is 0.0636. The molecule has 0 radical (unpaired) electrons. The highest BCUT2D eigenvalue weighted by Crippen LogP contribution is 2.42. The first-order valence-electron chi connectivity index (χ1n) is 7.58. The molecule has 2 heterocycles. The predicted octanol–water partition coefficient (Wildman–Crippen LogP) is 2.57. The average molecular weight is 299 g/mol. The summed E-state index contributed by atoms with van der Waals surface area (Å²) in [6, 6.07) is 10.4. The Bertz CT molecular complexity index is 664. The standard InChI is InChI=1S/C17H21N3O2/c1-12-15(19-22-18-12)9-16(21)20-10-14(17(2,3)11-20)13-7-5-4-6-8-13/h4-8,14H,9-11H2,1-3H3/t14-/m1/s1. The van der Waals surface area contributed by atoms with Gasteiger partial charge < -0.3 is 4.90 Å². The van der Waals surface area contributed by atoms with E-state index in [4.69, 9.17) is 0 Å². The van der Waals surface area contributed by atoms with Crippen molar-refractivity contribution in [3.63, 3.8) is 0 Å². The Morgan fingerprint density at radius 1 is 1.32 bits per heavy atom. The second-order valence-corrected chi connectivity index (χ2v) is 6.70. The minimum Gasteiger partial charge on any atom is -0.341 e. The summed E-state index contributed by atoms with van der Waals surface area (Å²) in [5.74, 6) is 0.444. The molecule has 22 heavy (non-hydrogen) atoms. The largest absolute Gasteiger partial charge is 0.341 e. The zero-order valence-corrected chi connectivity index (χ0v) is 13.2. The summed E-state index contributed by atoms with van der Waals surface area (Å²) in [5, 5.41) is 7.54. The second-order valence-electron chi connectivity index (χ2n) is 6.70. The quantitative estimate of drug-likeness (QED) is 0.874. The van der Waals surface area contributed by atoms with E-state index < -0.39 is 0 Å². The lowest BCUT2D eigenvalue weighted by molar-refractivity contribution is -0.129. The van der Waals surface area contributed by atoms with Gasteiger partial charge in [-0.25, -0.2) is 4.63 Å². The van der Waals surface area contributed by atoms with Crippen molar-refractivity contribution in [1.82, 2.24) is 15.2 Å². The summed E-state index contributed by atoms with van der Waals surface area (Å²) >= 11 is 0. The maximum absolute atomic E-state index is 12.5. The summed E-state index contributed by atoms with van der Waals surface area (Å²) in [6.45, 7) is 7.76. The molecule has 0 N–H and O–H groups in total. The normalized spacial score (nSPS) is 20.3. The molecule has 116 valence electrons. The van der Waals surface area contributed by atoms with Gasteiger partial charge >= 0.3 is 0 Å². The van der Waals surface area contributed by atoms with Gasteiger partial charge in [0.05, 0.1) is 6.42 Å². The van der Waals surface area contributed by atoms with Crippen LogP contribution in [0.15, 0.2) is 35.0 Å². The molecule has 0 unspecified atom stereocenters. The van der Waals surface area contributed by atoms with Crippen LogP contribution in [0.1, 0.15) is 36.7 Å². The maximum atomic E-state index is 12.5. The lowest BCUT2D eigenvalue weighted by Crippen LogP contribution is -2.31. The van der Waals surface area contributed by atoms with Gasteiger partial charge in [-0.1, -0.05) is 54.5 Å². The van der Waals surface area contributed by atoms with Crippen LogP contribution >= 0.6 is 0 Å². The lowest BCUT2D eigenvalue weighted by atomic mass is 9.78. The molecule has 1 amide bonds. The Morgan fingerprint density at radius 2 is 2.05 bits per heavy atom. The fourth-order valence-corrected chi connectivity index (χ4v) is 3.23. The van der Waals surface area contributed by atoms with Crippen molar-refractivity contribution in [1.29, 1.82) is 0 Å². The first-order valence-corrected chi connectivity index (χ1v) is 7.58. The van der Waals surface area contributed by atoms with Crippen molar-refractivity contribution in [3.05, 3.63) is 47.3 Å². The molecule has 1 aromatic heterocycles. The van der Waals surface area contributed by atoms with Crippen molar-refractivity contribution < 1.29 is 9.42 Å². The Balaban J connectivity index is 1.75. The number of nitrogens with zero attached hydrogens (tertiary/aromatic N) is 3. The molecule has 1 atom stereocenters. The highest BCUT2D eigenvalue weighted by atomic mass is 16.6. The van der Waals surface area contributed by atoms with Gasteiger partial charge in [-0.3, -0.25) is 4.79 Å². The molecule has 0 aliphatic carbocycles. The van der Waals surface area contributed by atoms with Crippen LogP contribution in [0.3, 0.4) is 0 Å². The first kappa shape index (κ1) is 14.8. The molecule has 0 spiro atoms. The van der Waals surface area contributed by atoms with Crippen molar-refractivity contribution >= 4 is 5.91 Å². The summed E-state index contributed by atoms with van der Waals surface area (Å²) < 4.78 is 4.67. The van der Waals surface area contributed by atoms with E-state index in [9.17, 15) is 4.79 Å². The van der Waals surface area contributed by atoms with Gasteiger partial charge in [0.25, 0.3) is 0 Å². The van der Waals surface area contributed by atoms with E-state index in [1.54, 1.807) is 6.92 Å². The number of amides is 1. The monoisotopic (exact) mass is 299 g/mol. The number of likely N-dealkylation sites (tertiary alicyclic amines) is 1. The molecule has 3 rings (SSSR count). The summed E-state index contributed by atoms with van der Waals surface area (Å²) in [5.41, 5.74) is 2.67. The van der Waals surface area contributed by atoms with Gasteiger partial charge in [-0.15, -0.1) is 0 Å². The van der Waals surface area contributed by atoms with E-state index in [1.165, 1.54) is 5.56 Å². The lowest BCUT2D eigenvalue weighted by Gasteiger charge is -2.25. The number of aryl methyl sites for hydroxylation is 1. The van der Waals surface area contributed by atoms with Crippen LogP contribution in [-0.2, 0) is 11.2 Å². The van der Waals surface area contributed by atoms with E-state index in [1.807, 2.05) is 11.0 Å². The fourth-order valence-electron chi connectivity index (χ4n) is 3.23. The number of hydrogen-bond acceptors (Lipinski definition) is 4. The Hall–Kier alpha value is -2.17. The van der Waals surface area contributed by atoms with Gasteiger partial charge in [0, 0.05) is 19.0 Å². The van der Waals surface area contributed by atoms with Gasteiger partial charge in [-0.2, -0.15) is 0 Å². The number of hydrogen-bond donors (Lipinski definition) is 0. The molecule has 1 aliphatic rings. The maximum Gasteiger partial charge on any atom is 0.228 e. The van der Waals surface area contributed by atoms with E-state index in [2.05, 4.69) is 53.1 Å². The highest BCUT2D eigenvalue weighted by molar-refractivity contribution is 5.79. The number of benzene rings is 1. The van der Waals surface area contributed by atoms with Crippen molar-refractivity contribution in [2.75, 3.05) is 13.1 Å². The van der Waals surface area contributed by atoms with Crippen LogP contribution in [0, 0.1) is 12.3 Å². The van der Waals surface area contributed by atoms with Crippen LogP contribution in [0.25, 0.3) is 0 Å². The van der Waals surface area contributed by atoms with E-state index in [0.717, 1.165) is 13.1 Å². The molecular formula is C17H21N3O2.